The van der Waals surface area contributed by atoms with Gasteiger partial charge in [0.2, 0.25) is 5.95 Å². The predicted molar refractivity (Wildman–Crippen MR) is 85.7 cm³/mol. The molecule has 0 bridgehead atoms. The Labute approximate surface area is 127 Å². The van der Waals surface area contributed by atoms with E-state index < -0.39 is 0 Å². The average Bonchev–Trinajstić information content (AvgIpc) is 3.07. The number of H-pyrrole nitrogens is 1. The van der Waals surface area contributed by atoms with E-state index in [9.17, 15) is 0 Å². The van der Waals surface area contributed by atoms with Crippen LogP contribution in [0.3, 0.4) is 0 Å². The molecule has 5 nitrogen and oxygen atoms in total. The van der Waals surface area contributed by atoms with Crippen LogP contribution in [0.5, 0.6) is 0 Å². The first-order chi connectivity index (χ1) is 10.1. The van der Waals surface area contributed by atoms with Crippen molar-refractivity contribution in [3.63, 3.8) is 0 Å². The number of hydrogen-bond acceptors (Lipinski definition) is 4. The second-order valence-electron chi connectivity index (χ2n) is 7.37. The van der Waals surface area contributed by atoms with Crippen molar-refractivity contribution >= 4 is 5.95 Å². The van der Waals surface area contributed by atoms with Crippen molar-refractivity contribution in [2.75, 3.05) is 24.5 Å². The Balaban J connectivity index is 1.79. The van der Waals surface area contributed by atoms with Gasteiger partial charge in [-0.2, -0.15) is 4.98 Å². The fraction of sp³-hybridized carbons (Fsp3) is 0.875. The van der Waals surface area contributed by atoms with Crippen molar-refractivity contribution in [2.45, 2.75) is 64.3 Å². The maximum atomic E-state index is 4.91. The van der Waals surface area contributed by atoms with Gasteiger partial charge in [-0.05, 0) is 32.1 Å². The maximum Gasteiger partial charge on any atom is 0.244 e. The Kier molecular flexibility index (Phi) is 4.20. The molecule has 1 aliphatic carbocycles. The second kappa shape index (κ2) is 5.95. The van der Waals surface area contributed by atoms with Crippen molar-refractivity contribution in [3.05, 3.63) is 5.82 Å². The van der Waals surface area contributed by atoms with Crippen LogP contribution in [0.4, 0.5) is 5.95 Å². The highest BCUT2D eigenvalue weighted by Gasteiger charge is 2.39. The minimum atomic E-state index is 0.249. The average molecular weight is 291 g/mol. The van der Waals surface area contributed by atoms with E-state index in [1.165, 1.54) is 32.1 Å². The van der Waals surface area contributed by atoms with E-state index in [1.807, 2.05) is 0 Å². The van der Waals surface area contributed by atoms with Crippen LogP contribution in [-0.2, 0) is 5.41 Å². The molecule has 1 atom stereocenters. The highest BCUT2D eigenvalue weighted by atomic mass is 15.4. The first-order valence-electron chi connectivity index (χ1n) is 8.50. The molecule has 0 spiro atoms. The maximum absolute atomic E-state index is 4.91. The molecule has 2 fully saturated rings. The molecule has 3 rings (SSSR count). The van der Waals surface area contributed by atoms with E-state index >= 15 is 0 Å². The molecule has 0 aromatic carbocycles. The number of aromatic amines is 1. The van der Waals surface area contributed by atoms with Gasteiger partial charge in [0.15, 0.2) is 0 Å². The molecule has 1 saturated carbocycles. The lowest BCUT2D eigenvalue weighted by Gasteiger charge is -2.31. The summed E-state index contributed by atoms with van der Waals surface area (Å²) in [5.41, 5.74) is 0.249. The molecular weight excluding hydrogens is 262 g/mol. The number of rotatable bonds is 4. The fourth-order valence-corrected chi connectivity index (χ4v) is 4.12. The van der Waals surface area contributed by atoms with E-state index in [-0.39, 0.29) is 5.41 Å². The van der Waals surface area contributed by atoms with Crippen LogP contribution in [0.2, 0.25) is 0 Å². The quantitative estimate of drug-likeness (QED) is 0.895. The van der Waals surface area contributed by atoms with Crippen molar-refractivity contribution in [2.24, 2.45) is 5.92 Å². The smallest absolute Gasteiger partial charge is 0.244 e. The van der Waals surface area contributed by atoms with Gasteiger partial charge < -0.3 is 10.2 Å². The molecule has 2 aliphatic rings. The molecule has 0 unspecified atom stereocenters. The number of hydrogen-bond donors (Lipinski definition) is 2. The zero-order valence-electron chi connectivity index (χ0n) is 13.7. The van der Waals surface area contributed by atoms with Gasteiger partial charge in [0.25, 0.3) is 0 Å². The third kappa shape index (κ3) is 3.07. The first kappa shape index (κ1) is 14.8. The molecule has 0 radical (unpaired) electrons. The molecule has 0 amide bonds. The Hall–Kier alpha value is -1.10. The SMILES string of the molecule is CC(C)CC1(c2nc(N3CCN[C@H](C)C3)n[nH]2)CCCC1. The van der Waals surface area contributed by atoms with Crippen molar-refractivity contribution in [3.8, 4) is 0 Å². The lowest BCUT2D eigenvalue weighted by molar-refractivity contribution is 0.329. The normalized spacial score (nSPS) is 25.7. The lowest BCUT2D eigenvalue weighted by Crippen LogP contribution is -2.49. The van der Waals surface area contributed by atoms with Crippen molar-refractivity contribution in [1.29, 1.82) is 0 Å². The summed E-state index contributed by atoms with van der Waals surface area (Å²) in [5.74, 6) is 2.74. The first-order valence-corrected chi connectivity index (χ1v) is 8.50. The van der Waals surface area contributed by atoms with Crippen LogP contribution >= 0.6 is 0 Å². The van der Waals surface area contributed by atoms with Crippen LogP contribution in [0.25, 0.3) is 0 Å². The van der Waals surface area contributed by atoms with Crippen LogP contribution in [0, 0.1) is 5.92 Å². The molecule has 5 heteroatoms. The zero-order valence-corrected chi connectivity index (χ0v) is 13.7. The largest absolute Gasteiger partial charge is 0.337 e. The summed E-state index contributed by atoms with van der Waals surface area (Å²) in [5, 5.41) is 11.3. The summed E-state index contributed by atoms with van der Waals surface area (Å²) in [7, 11) is 0. The molecule has 1 aromatic heterocycles. The van der Waals surface area contributed by atoms with Crippen LogP contribution < -0.4 is 10.2 Å². The van der Waals surface area contributed by atoms with Gasteiger partial charge in [0.05, 0.1) is 0 Å². The molecule has 21 heavy (non-hydrogen) atoms. The van der Waals surface area contributed by atoms with Gasteiger partial charge in [-0.1, -0.05) is 26.7 Å². The molecule has 2 N–H and O–H groups in total. The summed E-state index contributed by atoms with van der Waals surface area (Å²) in [6, 6.07) is 0.511. The Morgan fingerprint density at radius 2 is 2.10 bits per heavy atom. The van der Waals surface area contributed by atoms with Gasteiger partial charge in [-0.15, -0.1) is 5.10 Å². The molecule has 1 aliphatic heterocycles. The summed E-state index contributed by atoms with van der Waals surface area (Å²) < 4.78 is 0. The molecule has 1 saturated heterocycles. The Morgan fingerprint density at radius 1 is 1.33 bits per heavy atom. The van der Waals surface area contributed by atoms with E-state index in [1.54, 1.807) is 0 Å². The van der Waals surface area contributed by atoms with Crippen LogP contribution in [0.1, 0.15) is 58.7 Å². The monoisotopic (exact) mass is 291 g/mol. The number of anilines is 1. The molecule has 118 valence electrons. The Morgan fingerprint density at radius 3 is 2.76 bits per heavy atom. The fourth-order valence-electron chi connectivity index (χ4n) is 4.12. The number of nitrogens with zero attached hydrogens (tertiary/aromatic N) is 3. The summed E-state index contributed by atoms with van der Waals surface area (Å²) in [6.07, 6.45) is 6.40. The highest BCUT2D eigenvalue weighted by Crippen LogP contribution is 2.44. The predicted octanol–water partition coefficient (Wildman–Crippen LogP) is 2.46. The van der Waals surface area contributed by atoms with E-state index in [4.69, 9.17) is 4.98 Å². The van der Waals surface area contributed by atoms with Gasteiger partial charge in [0.1, 0.15) is 5.82 Å². The number of aromatic nitrogens is 3. The third-order valence-corrected chi connectivity index (χ3v) is 4.99. The van der Waals surface area contributed by atoms with Crippen LogP contribution in [0.15, 0.2) is 0 Å². The minimum Gasteiger partial charge on any atom is -0.337 e. The van der Waals surface area contributed by atoms with Crippen molar-refractivity contribution < 1.29 is 0 Å². The van der Waals surface area contributed by atoms with Gasteiger partial charge >= 0.3 is 0 Å². The summed E-state index contributed by atoms with van der Waals surface area (Å²) in [6.45, 7) is 9.86. The van der Waals surface area contributed by atoms with Crippen LogP contribution in [-0.4, -0.2) is 40.9 Å². The van der Waals surface area contributed by atoms with E-state index in [2.05, 4.69) is 41.2 Å². The van der Waals surface area contributed by atoms with Gasteiger partial charge in [-0.3, -0.25) is 5.10 Å². The Bertz CT molecular complexity index is 461. The number of nitrogens with one attached hydrogen (secondary N) is 2. The molecular formula is C16H29N5. The van der Waals surface area contributed by atoms with Crippen molar-refractivity contribution in [1.82, 2.24) is 20.5 Å². The third-order valence-electron chi connectivity index (χ3n) is 4.99. The minimum absolute atomic E-state index is 0.249. The van der Waals surface area contributed by atoms with E-state index in [0.717, 1.165) is 31.4 Å². The van der Waals surface area contributed by atoms with Gasteiger partial charge in [-0.25, -0.2) is 0 Å². The second-order valence-corrected chi connectivity index (χ2v) is 7.37. The van der Waals surface area contributed by atoms with Gasteiger partial charge in [0, 0.05) is 31.1 Å². The number of piperazine rings is 1. The van der Waals surface area contributed by atoms with E-state index in [0.29, 0.717) is 12.0 Å². The summed E-state index contributed by atoms with van der Waals surface area (Å²) >= 11 is 0. The summed E-state index contributed by atoms with van der Waals surface area (Å²) in [4.78, 5) is 7.21. The standard InChI is InChI=1S/C16H29N5/c1-12(2)10-16(6-4-5-7-16)14-18-15(20-19-14)21-9-8-17-13(3)11-21/h12-13,17H,4-11H2,1-3H3,(H,18,19,20)/t13-/m1/s1. The molecule has 2 heterocycles. The zero-order chi connectivity index (χ0) is 14.9. The highest BCUT2D eigenvalue weighted by molar-refractivity contribution is 5.32. The molecule has 1 aromatic rings. The topological polar surface area (TPSA) is 56.8 Å². The lowest BCUT2D eigenvalue weighted by atomic mass is 9.78.